The minimum Gasteiger partial charge on any atom is -0.354 e. The number of nitrogens with one attached hydrogen (secondary N) is 1. The molecule has 142 valence electrons. The minimum absolute atomic E-state index is 0.148. The van der Waals surface area contributed by atoms with Crippen molar-refractivity contribution in [2.75, 3.05) is 42.9 Å². The fourth-order valence-corrected chi connectivity index (χ4v) is 4.66. The highest BCUT2D eigenvalue weighted by molar-refractivity contribution is 6.32. The summed E-state index contributed by atoms with van der Waals surface area (Å²) in [5, 5.41) is 7.91. The van der Waals surface area contributed by atoms with Crippen LogP contribution in [0.4, 0.5) is 17.5 Å². The molecule has 0 bridgehead atoms. The van der Waals surface area contributed by atoms with Crippen LogP contribution in [0, 0.1) is 23.2 Å². The number of anilines is 3. The zero-order valence-electron chi connectivity index (χ0n) is 15.9. The van der Waals surface area contributed by atoms with Crippen LogP contribution in [0.2, 0.25) is 5.02 Å². The molecule has 0 saturated carbocycles. The molecule has 7 nitrogen and oxygen atoms in total. The second-order valence-electron chi connectivity index (χ2n) is 8.22. The van der Waals surface area contributed by atoms with E-state index in [1.165, 1.54) is 0 Å². The SMILES string of the molecule is C#CCN1C[C@@]2(C)CN(c3nc(Nc4cnn(C)c4)ncc3Cl)C[C@@]2(C)C1. The van der Waals surface area contributed by atoms with E-state index in [-0.39, 0.29) is 10.8 Å². The van der Waals surface area contributed by atoms with Crippen LogP contribution in [0.25, 0.3) is 0 Å². The molecule has 0 spiro atoms. The maximum atomic E-state index is 6.46. The zero-order chi connectivity index (χ0) is 19.2. The Morgan fingerprint density at radius 3 is 2.52 bits per heavy atom. The molecule has 0 aromatic carbocycles. The van der Waals surface area contributed by atoms with Gasteiger partial charge in [0.15, 0.2) is 5.82 Å². The lowest BCUT2D eigenvalue weighted by Crippen LogP contribution is -2.34. The van der Waals surface area contributed by atoms with Gasteiger partial charge in [0.1, 0.15) is 5.02 Å². The Morgan fingerprint density at radius 2 is 1.93 bits per heavy atom. The van der Waals surface area contributed by atoms with Crippen LogP contribution in [0.15, 0.2) is 18.6 Å². The van der Waals surface area contributed by atoms with Gasteiger partial charge in [-0.2, -0.15) is 10.1 Å². The monoisotopic (exact) mass is 385 g/mol. The number of rotatable bonds is 4. The quantitative estimate of drug-likeness (QED) is 0.815. The summed E-state index contributed by atoms with van der Waals surface area (Å²) in [5.41, 5.74) is 1.14. The normalized spacial score (nSPS) is 27.6. The first kappa shape index (κ1) is 18.1. The van der Waals surface area contributed by atoms with Crippen molar-refractivity contribution in [3.05, 3.63) is 23.6 Å². The fraction of sp³-hybridized carbons (Fsp3) is 0.526. The smallest absolute Gasteiger partial charge is 0.229 e. The lowest BCUT2D eigenvalue weighted by atomic mass is 9.71. The summed E-state index contributed by atoms with van der Waals surface area (Å²) < 4.78 is 1.73. The molecule has 27 heavy (non-hydrogen) atoms. The Morgan fingerprint density at radius 1 is 1.22 bits per heavy atom. The number of hydrogen-bond acceptors (Lipinski definition) is 6. The number of nitrogens with zero attached hydrogens (tertiary/aromatic N) is 6. The number of likely N-dealkylation sites (tertiary alicyclic amines) is 1. The Hall–Kier alpha value is -2.30. The summed E-state index contributed by atoms with van der Waals surface area (Å²) in [6, 6.07) is 0. The molecular formula is C19H24ClN7. The number of aryl methyl sites for hydroxylation is 1. The first-order valence-electron chi connectivity index (χ1n) is 9.01. The first-order chi connectivity index (χ1) is 12.8. The van der Waals surface area contributed by atoms with E-state index in [0.29, 0.717) is 17.5 Å². The Bertz CT molecular complexity index is 884. The van der Waals surface area contributed by atoms with Crippen molar-refractivity contribution in [3.63, 3.8) is 0 Å². The minimum atomic E-state index is 0.148. The van der Waals surface area contributed by atoms with Gasteiger partial charge < -0.3 is 10.2 Å². The largest absolute Gasteiger partial charge is 0.354 e. The van der Waals surface area contributed by atoms with Gasteiger partial charge in [-0.1, -0.05) is 31.4 Å². The Labute approximate surface area is 164 Å². The van der Waals surface area contributed by atoms with E-state index in [9.17, 15) is 0 Å². The standard InChI is InChI=1S/C19H24ClN7/c1-5-6-26-10-18(2)12-27(13-19(18,3)11-26)16-15(20)8-21-17(24-16)23-14-7-22-25(4)9-14/h1,7-9H,6,10-13H2,2-4H3,(H,21,23,24)/t18-,19+. The Balaban J connectivity index is 1.56. The van der Waals surface area contributed by atoms with Gasteiger partial charge >= 0.3 is 0 Å². The summed E-state index contributed by atoms with van der Waals surface area (Å²) in [4.78, 5) is 13.7. The number of fused-ring (bicyclic) bond motifs is 1. The van der Waals surface area contributed by atoms with Crippen molar-refractivity contribution < 1.29 is 0 Å². The fourth-order valence-electron chi connectivity index (χ4n) is 4.45. The lowest BCUT2D eigenvalue weighted by molar-refractivity contribution is 0.212. The van der Waals surface area contributed by atoms with Crippen molar-refractivity contribution in [2.45, 2.75) is 13.8 Å². The molecule has 0 unspecified atom stereocenters. The van der Waals surface area contributed by atoms with Gasteiger partial charge in [0.25, 0.3) is 0 Å². The van der Waals surface area contributed by atoms with Gasteiger partial charge in [0, 0.05) is 50.3 Å². The Kier molecular flexibility index (Phi) is 4.28. The summed E-state index contributed by atoms with van der Waals surface area (Å²) in [6.07, 6.45) is 10.8. The van der Waals surface area contributed by atoms with Crippen molar-refractivity contribution in [3.8, 4) is 12.3 Å². The summed E-state index contributed by atoms with van der Waals surface area (Å²) >= 11 is 6.46. The highest BCUT2D eigenvalue weighted by Crippen LogP contribution is 2.52. The maximum Gasteiger partial charge on any atom is 0.229 e. The van der Waals surface area contributed by atoms with Gasteiger partial charge in [0.05, 0.1) is 24.6 Å². The van der Waals surface area contributed by atoms with Crippen LogP contribution in [0.3, 0.4) is 0 Å². The molecule has 0 radical (unpaired) electrons. The molecule has 2 aliphatic heterocycles. The van der Waals surface area contributed by atoms with Crippen molar-refractivity contribution in [1.82, 2.24) is 24.6 Å². The van der Waals surface area contributed by atoms with E-state index in [2.05, 4.69) is 45.0 Å². The second kappa shape index (κ2) is 6.39. The second-order valence-corrected chi connectivity index (χ2v) is 8.63. The number of aromatic nitrogens is 4. The van der Waals surface area contributed by atoms with E-state index < -0.39 is 0 Å². The van der Waals surface area contributed by atoms with E-state index in [0.717, 1.165) is 37.7 Å². The molecule has 0 aliphatic carbocycles. The van der Waals surface area contributed by atoms with Crippen LogP contribution in [0.5, 0.6) is 0 Å². The van der Waals surface area contributed by atoms with Crippen LogP contribution in [-0.4, -0.2) is 57.4 Å². The molecule has 2 atom stereocenters. The number of hydrogen-bond donors (Lipinski definition) is 1. The molecule has 2 aromatic rings. The van der Waals surface area contributed by atoms with Crippen molar-refractivity contribution >= 4 is 29.1 Å². The molecule has 8 heteroatoms. The molecule has 2 fully saturated rings. The van der Waals surface area contributed by atoms with E-state index in [4.69, 9.17) is 23.0 Å². The topological polar surface area (TPSA) is 62.1 Å². The van der Waals surface area contributed by atoms with Gasteiger partial charge in [-0.05, 0) is 0 Å². The predicted octanol–water partition coefficient (Wildman–Crippen LogP) is 2.39. The van der Waals surface area contributed by atoms with Gasteiger partial charge in [-0.15, -0.1) is 6.42 Å². The first-order valence-corrected chi connectivity index (χ1v) is 9.39. The molecular weight excluding hydrogens is 362 g/mol. The third-order valence-electron chi connectivity index (χ3n) is 5.98. The van der Waals surface area contributed by atoms with Gasteiger partial charge in [-0.3, -0.25) is 9.58 Å². The zero-order valence-corrected chi connectivity index (χ0v) is 16.7. The lowest BCUT2D eigenvalue weighted by Gasteiger charge is -2.30. The maximum absolute atomic E-state index is 6.46. The molecule has 2 saturated heterocycles. The van der Waals surface area contributed by atoms with Crippen LogP contribution in [-0.2, 0) is 7.05 Å². The van der Waals surface area contributed by atoms with Crippen molar-refractivity contribution in [2.24, 2.45) is 17.9 Å². The van der Waals surface area contributed by atoms with E-state index >= 15 is 0 Å². The van der Waals surface area contributed by atoms with Crippen molar-refractivity contribution in [1.29, 1.82) is 0 Å². The molecule has 4 heterocycles. The molecule has 4 rings (SSSR count). The number of terminal acetylenes is 1. The average Bonchev–Trinajstić information content (AvgIpc) is 3.17. The number of halogens is 1. The summed E-state index contributed by atoms with van der Waals surface area (Å²) in [5.74, 6) is 4.07. The molecule has 0 amide bonds. The molecule has 2 aliphatic rings. The highest BCUT2D eigenvalue weighted by atomic mass is 35.5. The van der Waals surface area contributed by atoms with E-state index in [1.54, 1.807) is 17.1 Å². The summed E-state index contributed by atoms with van der Waals surface area (Å²) in [6.45, 7) is 9.17. The van der Waals surface area contributed by atoms with E-state index in [1.807, 2.05) is 13.2 Å². The predicted molar refractivity (Wildman–Crippen MR) is 107 cm³/mol. The average molecular weight is 386 g/mol. The van der Waals surface area contributed by atoms with Crippen LogP contribution in [0.1, 0.15) is 13.8 Å². The van der Waals surface area contributed by atoms with Crippen LogP contribution >= 0.6 is 11.6 Å². The third-order valence-corrected chi connectivity index (χ3v) is 6.25. The summed E-state index contributed by atoms with van der Waals surface area (Å²) in [7, 11) is 1.87. The van der Waals surface area contributed by atoms with Gasteiger partial charge in [-0.25, -0.2) is 4.98 Å². The highest BCUT2D eigenvalue weighted by Gasteiger charge is 2.57. The third kappa shape index (κ3) is 3.13. The molecule has 1 N–H and O–H groups in total. The van der Waals surface area contributed by atoms with Crippen LogP contribution < -0.4 is 10.2 Å². The van der Waals surface area contributed by atoms with Gasteiger partial charge in [0.2, 0.25) is 5.95 Å². The molecule has 2 aromatic heterocycles.